The third-order valence-corrected chi connectivity index (χ3v) is 6.70. The normalized spacial score (nSPS) is 23.8. The van der Waals surface area contributed by atoms with Crippen LogP contribution in [-0.4, -0.2) is 56.4 Å². The Kier molecular flexibility index (Phi) is 5.02. The van der Waals surface area contributed by atoms with Crippen molar-refractivity contribution in [3.8, 4) is 0 Å². The maximum atomic E-state index is 13.2. The molecule has 2 fully saturated rings. The first-order valence-electron chi connectivity index (χ1n) is 10.9. The van der Waals surface area contributed by atoms with Gasteiger partial charge in [0.1, 0.15) is 5.69 Å². The van der Waals surface area contributed by atoms with Gasteiger partial charge in [-0.05, 0) is 44.3 Å². The van der Waals surface area contributed by atoms with Crippen molar-refractivity contribution < 1.29 is 4.79 Å². The first-order valence-corrected chi connectivity index (χ1v) is 10.9. The molecule has 3 aliphatic heterocycles. The van der Waals surface area contributed by atoms with Gasteiger partial charge in [0.2, 0.25) is 0 Å². The minimum absolute atomic E-state index is 0.134. The molecule has 0 aromatic carbocycles. The number of hydrogen-bond donors (Lipinski definition) is 1. The molecule has 0 unspecified atom stereocenters. The summed E-state index contributed by atoms with van der Waals surface area (Å²) < 4.78 is 1.96. The second-order valence-corrected chi connectivity index (χ2v) is 8.84. The zero-order valence-electron chi connectivity index (χ0n) is 17.0. The van der Waals surface area contributed by atoms with E-state index in [-0.39, 0.29) is 34.6 Å². The highest BCUT2D eigenvalue weighted by Gasteiger charge is 2.37. The van der Waals surface area contributed by atoms with E-state index < -0.39 is 0 Å². The molecule has 2 aromatic rings. The van der Waals surface area contributed by atoms with Crippen LogP contribution in [0.5, 0.6) is 0 Å². The molecule has 5 heterocycles. The van der Waals surface area contributed by atoms with Gasteiger partial charge in [-0.3, -0.25) is 19.3 Å². The van der Waals surface area contributed by atoms with Crippen molar-refractivity contribution in [1.82, 2.24) is 24.3 Å². The molecule has 8 heteroatoms. The summed E-state index contributed by atoms with van der Waals surface area (Å²) in [7, 11) is 0. The highest BCUT2D eigenvalue weighted by atomic mass is 16.2. The summed E-state index contributed by atoms with van der Waals surface area (Å²) in [4.78, 5) is 48.0. The summed E-state index contributed by atoms with van der Waals surface area (Å²) in [5.74, 6) is 0.241. The lowest BCUT2D eigenvalue weighted by atomic mass is 9.83. The fourth-order valence-electron chi connectivity index (χ4n) is 5.26. The first kappa shape index (κ1) is 19.2. The van der Waals surface area contributed by atoms with E-state index >= 15 is 0 Å². The molecule has 30 heavy (non-hydrogen) atoms. The highest BCUT2D eigenvalue weighted by molar-refractivity contribution is 5.92. The molecule has 2 atom stereocenters. The van der Waals surface area contributed by atoms with Gasteiger partial charge in [0.05, 0.1) is 6.20 Å². The summed E-state index contributed by atoms with van der Waals surface area (Å²) in [5.41, 5.74) is 1.98. The minimum Gasteiger partial charge on any atom is -0.336 e. The molecule has 0 spiro atoms. The molecular formula is C22H27N5O3. The van der Waals surface area contributed by atoms with Crippen LogP contribution in [0.25, 0.3) is 0 Å². The third kappa shape index (κ3) is 3.60. The molecule has 2 bridgehead atoms. The van der Waals surface area contributed by atoms with Gasteiger partial charge in [-0.2, -0.15) is 0 Å². The molecule has 1 N–H and O–H groups in total. The number of carbonyl (C=O) groups is 1. The maximum absolute atomic E-state index is 13.2. The van der Waals surface area contributed by atoms with E-state index in [1.807, 2.05) is 15.5 Å². The molecule has 0 saturated carbocycles. The second-order valence-electron chi connectivity index (χ2n) is 8.84. The summed E-state index contributed by atoms with van der Waals surface area (Å²) >= 11 is 0. The predicted molar refractivity (Wildman–Crippen MR) is 111 cm³/mol. The molecule has 0 radical (unpaired) electrons. The van der Waals surface area contributed by atoms with Crippen LogP contribution in [0.3, 0.4) is 0 Å². The number of nitrogens with one attached hydrogen (secondary N) is 1. The number of aromatic nitrogens is 3. The number of carbonyl (C=O) groups excluding carboxylic acids is 1. The number of aromatic amines is 1. The van der Waals surface area contributed by atoms with Crippen LogP contribution in [-0.2, 0) is 13.1 Å². The number of rotatable bonds is 3. The molecule has 0 aliphatic carbocycles. The Bertz CT molecular complexity index is 1050. The Morgan fingerprint density at radius 3 is 2.70 bits per heavy atom. The van der Waals surface area contributed by atoms with Crippen molar-refractivity contribution >= 4 is 5.91 Å². The van der Waals surface area contributed by atoms with Gasteiger partial charge >= 0.3 is 0 Å². The van der Waals surface area contributed by atoms with Crippen LogP contribution in [0.1, 0.15) is 53.3 Å². The van der Waals surface area contributed by atoms with E-state index in [0.717, 1.165) is 43.5 Å². The molecule has 8 nitrogen and oxygen atoms in total. The standard InChI is InChI=1S/C22H27N5O3/c28-20-10-23-18(9-24-20)22(30)26-11-15-8-17(14-26)19-5-4-16(21(29)27(19)12-15)13-25-6-2-1-3-7-25/h4-5,9-10,15,17H,1-3,6-8,11-14H2,(H,24,28)/t15-,17+/m0/s1. The minimum atomic E-state index is -0.323. The summed E-state index contributed by atoms with van der Waals surface area (Å²) in [6.07, 6.45) is 7.21. The van der Waals surface area contributed by atoms with Gasteiger partial charge in [0, 0.05) is 49.6 Å². The lowest BCUT2D eigenvalue weighted by molar-refractivity contribution is 0.0587. The van der Waals surface area contributed by atoms with Crippen molar-refractivity contribution in [2.24, 2.45) is 5.92 Å². The zero-order chi connectivity index (χ0) is 20.7. The third-order valence-electron chi connectivity index (χ3n) is 6.70. The van der Waals surface area contributed by atoms with Crippen LogP contribution >= 0.6 is 0 Å². The van der Waals surface area contributed by atoms with E-state index in [1.54, 1.807) is 0 Å². The van der Waals surface area contributed by atoms with E-state index in [2.05, 4.69) is 20.9 Å². The van der Waals surface area contributed by atoms with Crippen LogP contribution in [0.15, 0.2) is 34.1 Å². The van der Waals surface area contributed by atoms with Gasteiger partial charge in [0.15, 0.2) is 0 Å². The van der Waals surface area contributed by atoms with E-state index in [0.29, 0.717) is 19.6 Å². The molecular weight excluding hydrogens is 382 g/mol. The van der Waals surface area contributed by atoms with Gasteiger partial charge in [0.25, 0.3) is 17.0 Å². The maximum Gasteiger partial charge on any atom is 0.273 e. The monoisotopic (exact) mass is 409 g/mol. The smallest absolute Gasteiger partial charge is 0.273 e. The van der Waals surface area contributed by atoms with Crippen molar-refractivity contribution in [3.63, 3.8) is 0 Å². The highest BCUT2D eigenvalue weighted by Crippen LogP contribution is 2.35. The Morgan fingerprint density at radius 1 is 1.10 bits per heavy atom. The number of hydrogen-bond acceptors (Lipinski definition) is 5. The van der Waals surface area contributed by atoms with Crippen LogP contribution in [0.2, 0.25) is 0 Å². The molecule has 2 aromatic heterocycles. The fourth-order valence-corrected chi connectivity index (χ4v) is 5.26. The molecule has 158 valence electrons. The van der Waals surface area contributed by atoms with E-state index in [9.17, 15) is 14.4 Å². The molecule has 1 amide bonds. The van der Waals surface area contributed by atoms with Gasteiger partial charge < -0.3 is 14.5 Å². The number of pyridine rings is 1. The Balaban J connectivity index is 1.36. The number of nitrogens with zero attached hydrogens (tertiary/aromatic N) is 4. The first-order chi connectivity index (χ1) is 14.6. The van der Waals surface area contributed by atoms with Crippen molar-refractivity contribution in [1.29, 1.82) is 0 Å². The van der Waals surface area contributed by atoms with E-state index in [1.165, 1.54) is 25.5 Å². The molecule has 3 aliphatic rings. The molecule has 2 saturated heterocycles. The zero-order valence-corrected chi connectivity index (χ0v) is 17.0. The number of fused-ring (bicyclic) bond motifs is 4. The Morgan fingerprint density at radius 2 is 1.93 bits per heavy atom. The summed E-state index contributed by atoms with van der Waals surface area (Å²) in [6.45, 7) is 4.71. The Hall–Kier alpha value is -2.74. The average molecular weight is 409 g/mol. The predicted octanol–water partition coefficient (Wildman–Crippen LogP) is 1.18. The van der Waals surface area contributed by atoms with Gasteiger partial charge in [-0.1, -0.05) is 12.5 Å². The number of piperidine rings is 2. The SMILES string of the molecule is O=C(c1c[nH]c(=O)cn1)N1C[C@@H]2C[C@H](C1)c1ccc(CN3CCCCC3)c(=O)n1C2. The van der Waals surface area contributed by atoms with Crippen molar-refractivity contribution in [2.45, 2.75) is 44.7 Å². The summed E-state index contributed by atoms with van der Waals surface area (Å²) in [6, 6.07) is 4.08. The quantitative estimate of drug-likeness (QED) is 0.822. The fraction of sp³-hybridized carbons (Fsp3) is 0.545. The second kappa shape index (κ2) is 7.83. The van der Waals surface area contributed by atoms with Crippen LogP contribution in [0, 0.1) is 5.92 Å². The van der Waals surface area contributed by atoms with Crippen LogP contribution < -0.4 is 11.1 Å². The van der Waals surface area contributed by atoms with Crippen LogP contribution in [0.4, 0.5) is 0 Å². The van der Waals surface area contributed by atoms with Crippen molar-refractivity contribution in [2.75, 3.05) is 26.2 Å². The van der Waals surface area contributed by atoms with Crippen molar-refractivity contribution in [3.05, 3.63) is 62.2 Å². The summed E-state index contributed by atoms with van der Waals surface area (Å²) in [5, 5.41) is 0. The Labute approximate surface area is 174 Å². The lowest BCUT2D eigenvalue weighted by Gasteiger charge is -2.42. The average Bonchev–Trinajstić information content (AvgIpc) is 2.77. The number of amides is 1. The lowest BCUT2D eigenvalue weighted by Crippen LogP contribution is -2.49. The number of likely N-dealkylation sites (tertiary alicyclic amines) is 2. The molecule has 5 rings (SSSR count). The topological polar surface area (TPSA) is 91.3 Å². The van der Waals surface area contributed by atoms with E-state index in [4.69, 9.17) is 0 Å². The largest absolute Gasteiger partial charge is 0.336 e. The number of H-pyrrole nitrogens is 1. The van der Waals surface area contributed by atoms with Gasteiger partial charge in [-0.25, -0.2) is 4.98 Å². The van der Waals surface area contributed by atoms with Gasteiger partial charge in [-0.15, -0.1) is 0 Å².